The van der Waals surface area contributed by atoms with Crippen molar-refractivity contribution >= 4 is 17.7 Å². The minimum Gasteiger partial charge on any atom is -0.478 e. The fourth-order valence-corrected chi connectivity index (χ4v) is 7.80. The summed E-state index contributed by atoms with van der Waals surface area (Å²) in [5.74, 6) is -3.51. The van der Waals surface area contributed by atoms with Crippen LogP contribution in [0.1, 0.15) is 72.6 Å². The summed E-state index contributed by atoms with van der Waals surface area (Å²) in [4.78, 5) is 37.4. The van der Waals surface area contributed by atoms with E-state index in [4.69, 9.17) is 4.74 Å². The Morgan fingerprint density at radius 3 is 2.61 bits per heavy atom. The van der Waals surface area contributed by atoms with Gasteiger partial charge < -0.3 is 14.9 Å². The average Bonchev–Trinajstić information content (AvgIpc) is 2.96. The molecule has 33 heavy (non-hydrogen) atoms. The molecule has 4 aliphatic rings. The molecule has 0 aromatic heterocycles. The van der Waals surface area contributed by atoms with Crippen LogP contribution in [0.2, 0.25) is 0 Å². The molecule has 4 rings (SSSR count). The van der Waals surface area contributed by atoms with Crippen molar-refractivity contribution in [2.24, 2.45) is 28.6 Å². The van der Waals surface area contributed by atoms with Crippen LogP contribution in [0, 0.1) is 28.6 Å². The zero-order valence-corrected chi connectivity index (χ0v) is 19.9. The first-order chi connectivity index (χ1) is 15.4. The smallest absolute Gasteiger partial charge is 0.349 e. The van der Waals surface area contributed by atoms with Crippen LogP contribution in [-0.2, 0) is 19.1 Å². The number of ketones is 1. The highest BCUT2D eigenvalue weighted by molar-refractivity contribution is 6.01. The van der Waals surface area contributed by atoms with E-state index in [9.17, 15) is 24.6 Å². The van der Waals surface area contributed by atoms with E-state index in [0.29, 0.717) is 31.3 Å². The highest BCUT2D eigenvalue weighted by atomic mass is 19.1. The summed E-state index contributed by atoms with van der Waals surface area (Å²) in [6, 6.07) is 0. The molecule has 0 radical (unpaired) electrons. The number of halogens is 1. The molecular weight excluding hydrogens is 427 g/mol. The van der Waals surface area contributed by atoms with E-state index in [0.717, 1.165) is 6.42 Å². The third-order valence-electron chi connectivity index (χ3n) is 9.51. The standard InChI is InChI=1S/C26H35FO6/c1-5-6-7-21(30)33-26(22(31)32)15(2)12-19-18-9-8-16-13-17(28)10-11-23(16,3)25(18,27)20(29)14-24(19,26)4/h10-11,13,15,18-20,29H,5-9,12,14H2,1-4H3,(H,31,32)/t15-,18?,19?,20-,23?,24?,25?,26-/m0/s1. The lowest BCUT2D eigenvalue weighted by Crippen LogP contribution is -2.69. The van der Waals surface area contributed by atoms with Crippen LogP contribution in [0.5, 0.6) is 0 Å². The number of esters is 1. The number of aliphatic hydroxyl groups is 1. The second-order valence-electron chi connectivity index (χ2n) is 11.0. The monoisotopic (exact) mass is 462 g/mol. The van der Waals surface area contributed by atoms with Gasteiger partial charge in [-0.05, 0) is 57.1 Å². The van der Waals surface area contributed by atoms with Crippen molar-refractivity contribution in [2.75, 3.05) is 0 Å². The van der Waals surface area contributed by atoms with Crippen molar-refractivity contribution in [3.63, 3.8) is 0 Å². The van der Waals surface area contributed by atoms with E-state index in [1.165, 1.54) is 12.2 Å². The predicted octanol–water partition coefficient (Wildman–Crippen LogP) is 4.16. The summed E-state index contributed by atoms with van der Waals surface area (Å²) >= 11 is 0. The van der Waals surface area contributed by atoms with Crippen LogP contribution in [0.25, 0.3) is 0 Å². The molecule has 182 valence electrons. The number of allylic oxidation sites excluding steroid dienone is 4. The molecule has 6 nitrogen and oxygen atoms in total. The van der Waals surface area contributed by atoms with Crippen molar-refractivity contribution in [1.29, 1.82) is 0 Å². The molecule has 4 aliphatic carbocycles. The van der Waals surface area contributed by atoms with Gasteiger partial charge in [-0.1, -0.05) is 38.8 Å². The Morgan fingerprint density at radius 2 is 1.97 bits per heavy atom. The second-order valence-corrected chi connectivity index (χ2v) is 11.0. The number of hydrogen-bond donors (Lipinski definition) is 2. The molecule has 0 saturated heterocycles. The number of aliphatic hydroxyl groups excluding tert-OH is 1. The minimum absolute atomic E-state index is 0.128. The van der Waals surface area contributed by atoms with Crippen LogP contribution >= 0.6 is 0 Å². The van der Waals surface area contributed by atoms with Gasteiger partial charge in [-0.3, -0.25) is 9.59 Å². The number of hydrogen-bond acceptors (Lipinski definition) is 5. The molecule has 2 N–H and O–H groups in total. The number of fused-ring (bicyclic) bond motifs is 5. The van der Waals surface area contributed by atoms with Gasteiger partial charge in [0, 0.05) is 29.1 Å². The molecule has 8 atom stereocenters. The van der Waals surface area contributed by atoms with Gasteiger partial charge >= 0.3 is 11.9 Å². The van der Waals surface area contributed by atoms with Crippen molar-refractivity contribution in [1.82, 2.24) is 0 Å². The van der Waals surface area contributed by atoms with Crippen LogP contribution in [-0.4, -0.2) is 45.3 Å². The molecule has 5 unspecified atom stereocenters. The lowest BCUT2D eigenvalue weighted by atomic mass is 9.44. The lowest BCUT2D eigenvalue weighted by Gasteiger charge is -2.62. The SMILES string of the molecule is CCCCC(=O)O[C@]1(C(=O)O)[C@@H](C)CC2C3CCC4=CC(=O)C=CC4(C)C3(F)[C@@H](O)CC21C. The topological polar surface area (TPSA) is 101 Å². The molecule has 0 heterocycles. The van der Waals surface area contributed by atoms with E-state index in [1.807, 2.05) is 6.92 Å². The minimum atomic E-state index is -2.04. The Balaban J connectivity index is 1.78. The fraction of sp³-hybridized carbons (Fsp3) is 0.731. The van der Waals surface area contributed by atoms with Gasteiger partial charge in [-0.15, -0.1) is 0 Å². The maximum Gasteiger partial charge on any atom is 0.349 e. The molecule has 3 saturated carbocycles. The highest BCUT2D eigenvalue weighted by Gasteiger charge is 2.77. The molecule has 3 fully saturated rings. The number of carboxylic acids is 1. The van der Waals surface area contributed by atoms with Crippen LogP contribution < -0.4 is 0 Å². The lowest BCUT2D eigenvalue weighted by molar-refractivity contribution is -0.234. The summed E-state index contributed by atoms with van der Waals surface area (Å²) < 4.78 is 23.0. The quantitative estimate of drug-likeness (QED) is 0.595. The Bertz CT molecular complexity index is 941. The second kappa shape index (κ2) is 7.76. The number of carbonyl (C=O) groups excluding carboxylic acids is 2. The van der Waals surface area contributed by atoms with E-state index in [2.05, 4.69) is 0 Å². The summed E-state index contributed by atoms with van der Waals surface area (Å²) in [5.41, 5.74) is -5.44. The van der Waals surface area contributed by atoms with E-state index < -0.39 is 52.0 Å². The first-order valence-electron chi connectivity index (χ1n) is 12.1. The van der Waals surface area contributed by atoms with Crippen molar-refractivity contribution in [3.05, 3.63) is 23.8 Å². The van der Waals surface area contributed by atoms with Gasteiger partial charge in [0.1, 0.15) is 0 Å². The summed E-state index contributed by atoms with van der Waals surface area (Å²) in [5, 5.41) is 21.8. The maximum atomic E-state index is 17.2. The normalized spacial score (nSPS) is 46.1. The van der Waals surface area contributed by atoms with Gasteiger partial charge in [0.05, 0.1) is 6.10 Å². The van der Waals surface area contributed by atoms with E-state index >= 15 is 4.39 Å². The van der Waals surface area contributed by atoms with Crippen LogP contribution in [0.4, 0.5) is 4.39 Å². The summed E-state index contributed by atoms with van der Waals surface area (Å²) in [7, 11) is 0. The van der Waals surface area contributed by atoms with E-state index in [1.54, 1.807) is 26.8 Å². The number of aliphatic carboxylic acids is 1. The highest BCUT2D eigenvalue weighted by Crippen LogP contribution is 2.71. The van der Waals surface area contributed by atoms with Crippen LogP contribution in [0.3, 0.4) is 0 Å². The summed E-state index contributed by atoms with van der Waals surface area (Å²) in [6.07, 6.45) is 5.63. The van der Waals surface area contributed by atoms with Gasteiger partial charge in [0.25, 0.3) is 0 Å². The molecule has 0 aromatic carbocycles. The number of carbonyl (C=O) groups is 3. The van der Waals surface area contributed by atoms with Crippen molar-refractivity contribution in [3.8, 4) is 0 Å². The molecule has 0 aliphatic heterocycles. The number of ether oxygens (including phenoxy) is 1. The van der Waals surface area contributed by atoms with Gasteiger partial charge in [0.2, 0.25) is 5.60 Å². The first kappa shape index (κ1) is 24.1. The number of unbranched alkanes of at least 4 members (excludes halogenated alkanes) is 1. The van der Waals surface area contributed by atoms with Gasteiger partial charge in [-0.25, -0.2) is 9.18 Å². The largest absolute Gasteiger partial charge is 0.478 e. The zero-order chi connectivity index (χ0) is 24.4. The predicted molar refractivity (Wildman–Crippen MR) is 119 cm³/mol. The number of rotatable bonds is 5. The molecule has 0 aromatic rings. The third-order valence-corrected chi connectivity index (χ3v) is 9.51. The molecular formula is C26H35FO6. The van der Waals surface area contributed by atoms with E-state index in [-0.39, 0.29) is 24.5 Å². The maximum absolute atomic E-state index is 17.2. The molecule has 7 heteroatoms. The fourth-order valence-electron chi connectivity index (χ4n) is 7.80. The molecule has 0 amide bonds. The Kier molecular flexibility index (Phi) is 5.67. The zero-order valence-electron chi connectivity index (χ0n) is 19.9. The molecule has 0 spiro atoms. The van der Waals surface area contributed by atoms with Crippen LogP contribution in [0.15, 0.2) is 23.8 Å². The third kappa shape index (κ3) is 2.96. The summed E-state index contributed by atoms with van der Waals surface area (Å²) in [6.45, 7) is 7.17. The molecule has 0 bridgehead atoms. The Morgan fingerprint density at radius 1 is 1.27 bits per heavy atom. The van der Waals surface area contributed by atoms with Crippen molar-refractivity contribution in [2.45, 2.75) is 90.0 Å². The van der Waals surface area contributed by atoms with Gasteiger partial charge in [-0.2, -0.15) is 0 Å². The Labute approximate surface area is 194 Å². The van der Waals surface area contributed by atoms with Crippen molar-refractivity contribution < 1.29 is 33.7 Å². The average molecular weight is 463 g/mol. The number of carboxylic acid groups (broad SMARTS) is 1. The number of alkyl halides is 1. The Hall–Kier alpha value is -2.02. The van der Waals surface area contributed by atoms with Gasteiger partial charge in [0.15, 0.2) is 11.5 Å². The first-order valence-corrected chi connectivity index (χ1v) is 12.1.